The highest BCUT2D eigenvalue weighted by Crippen LogP contribution is 2.34. The third-order valence-electron chi connectivity index (χ3n) is 5.67. The average Bonchev–Trinajstić information content (AvgIpc) is 2.89. The summed E-state index contributed by atoms with van der Waals surface area (Å²) in [5.74, 6) is 0. The zero-order valence-electron chi connectivity index (χ0n) is 18.1. The quantitative estimate of drug-likeness (QED) is 0.210. The second kappa shape index (κ2) is 9.26. The number of benzene rings is 5. The fraction of sp³-hybridized carbons (Fsp3) is 0. The lowest BCUT2D eigenvalue weighted by atomic mass is 10.0. The van der Waals surface area contributed by atoms with E-state index in [1.165, 1.54) is 10.8 Å². The molecule has 33 heavy (non-hydrogen) atoms. The first-order valence-corrected chi connectivity index (χ1v) is 10.9. The van der Waals surface area contributed by atoms with Crippen molar-refractivity contribution in [2.45, 2.75) is 0 Å². The SMILES string of the molecule is N#C/C(=C/c1ccc2ccccc2c1)c1ccc(N(c2ccccc2)c2ccccc2)cc1. The zero-order valence-corrected chi connectivity index (χ0v) is 18.1. The van der Waals surface area contributed by atoms with E-state index in [0.717, 1.165) is 28.2 Å². The van der Waals surface area contributed by atoms with Crippen molar-refractivity contribution >= 4 is 39.5 Å². The Kier molecular flexibility index (Phi) is 5.70. The lowest BCUT2D eigenvalue weighted by molar-refractivity contribution is 1.28. The van der Waals surface area contributed by atoms with Gasteiger partial charge in [-0.3, -0.25) is 0 Å². The van der Waals surface area contributed by atoms with E-state index < -0.39 is 0 Å². The molecule has 0 aliphatic heterocycles. The Morgan fingerprint density at radius 1 is 0.576 bits per heavy atom. The molecule has 0 radical (unpaired) electrons. The van der Waals surface area contributed by atoms with Gasteiger partial charge in [-0.15, -0.1) is 0 Å². The van der Waals surface area contributed by atoms with Gasteiger partial charge in [0, 0.05) is 17.1 Å². The Bertz CT molecular complexity index is 1400. The summed E-state index contributed by atoms with van der Waals surface area (Å²) < 4.78 is 0. The normalized spacial score (nSPS) is 11.2. The standard InChI is InChI=1S/C31H22N2/c32-23-28(22-24-15-16-25-9-7-8-10-27(25)21-24)26-17-19-31(20-18-26)33(29-11-3-1-4-12-29)30-13-5-2-6-14-30/h1-22H/b28-22-. The van der Waals surface area contributed by atoms with Crippen LogP contribution in [0.3, 0.4) is 0 Å². The summed E-state index contributed by atoms with van der Waals surface area (Å²) in [7, 11) is 0. The summed E-state index contributed by atoms with van der Waals surface area (Å²) in [6, 6.07) is 45.7. The van der Waals surface area contributed by atoms with Gasteiger partial charge in [0.25, 0.3) is 0 Å². The smallest absolute Gasteiger partial charge is 0.0998 e. The van der Waals surface area contributed by atoms with Crippen LogP contribution in [0.1, 0.15) is 11.1 Å². The highest BCUT2D eigenvalue weighted by atomic mass is 15.1. The van der Waals surface area contributed by atoms with Crippen molar-refractivity contribution in [2.24, 2.45) is 0 Å². The van der Waals surface area contributed by atoms with Gasteiger partial charge in [0.1, 0.15) is 0 Å². The predicted molar refractivity (Wildman–Crippen MR) is 139 cm³/mol. The molecule has 0 bridgehead atoms. The number of nitriles is 1. The topological polar surface area (TPSA) is 27.0 Å². The largest absolute Gasteiger partial charge is 0.311 e. The van der Waals surface area contributed by atoms with Crippen molar-refractivity contribution in [3.63, 3.8) is 0 Å². The van der Waals surface area contributed by atoms with Crippen LogP contribution in [0.15, 0.2) is 127 Å². The van der Waals surface area contributed by atoms with E-state index in [1.807, 2.05) is 66.7 Å². The van der Waals surface area contributed by atoms with E-state index in [0.29, 0.717) is 5.57 Å². The molecule has 0 N–H and O–H groups in total. The first kappa shape index (κ1) is 20.3. The monoisotopic (exact) mass is 422 g/mol. The minimum absolute atomic E-state index is 0.641. The van der Waals surface area contributed by atoms with E-state index in [1.54, 1.807) is 0 Å². The van der Waals surface area contributed by atoms with Crippen LogP contribution in [-0.2, 0) is 0 Å². The average molecular weight is 423 g/mol. The summed E-state index contributed by atoms with van der Waals surface area (Å²) >= 11 is 0. The van der Waals surface area contributed by atoms with Crippen LogP contribution in [0.4, 0.5) is 17.1 Å². The molecule has 0 heterocycles. The van der Waals surface area contributed by atoms with Crippen molar-refractivity contribution in [3.05, 3.63) is 139 Å². The molecule has 0 unspecified atom stereocenters. The molecule has 0 amide bonds. The van der Waals surface area contributed by atoms with Crippen LogP contribution in [0.2, 0.25) is 0 Å². The molecule has 0 atom stereocenters. The minimum atomic E-state index is 0.641. The summed E-state index contributed by atoms with van der Waals surface area (Å²) in [6.45, 7) is 0. The van der Waals surface area contributed by atoms with Crippen molar-refractivity contribution in [3.8, 4) is 6.07 Å². The molecule has 5 aromatic rings. The van der Waals surface area contributed by atoms with Crippen LogP contribution >= 0.6 is 0 Å². The highest BCUT2D eigenvalue weighted by Gasteiger charge is 2.12. The van der Waals surface area contributed by atoms with Gasteiger partial charge in [-0.05, 0) is 70.4 Å². The Morgan fingerprint density at radius 3 is 1.73 bits per heavy atom. The van der Waals surface area contributed by atoms with E-state index in [4.69, 9.17) is 0 Å². The number of allylic oxidation sites excluding steroid dienone is 1. The lowest BCUT2D eigenvalue weighted by Gasteiger charge is -2.25. The van der Waals surface area contributed by atoms with Gasteiger partial charge in [-0.1, -0.05) is 84.9 Å². The number of para-hydroxylation sites is 2. The number of fused-ring (bicyclic) bond motifs is 1. The van der Waals surface area contributed by atoms with Crippen LogP contribution in [-0.4, -0.2) is 0 Å². The Labute approximate surface area is 194 Å². The molecule has 156 valence electrons. The molecule has 0 fully saturated rings. The van der Waals surface area contributed by atoms with Crippen molar-refractivity contribution in [2.75, 3.05) is 4.90 Å². The van der Waals surface area contributed by atoms with E-state index >= 15 is 0 Å². The molecule has 0 spiro atoms. The molecule has 0 aromatic heterocycles. The van der Waals surface area contributed by atoms with Crippen molar-refractivity contribution < 1.29 is 0 Å². The fourth-order valence-electron chi connectivity index (χ4n) is 4.04. The fourth-order valence-corrected chi connectivity index (χ4v) is 4.04. The number of hydrogen-bond acceptors (Lipinski definition) is 2. The van der Waals surface area contributed by atoms with E-state index in [9.17, 15) is 5.26 Å². The molecule has 5 aromatic carbocycles. The van der Waals surface area contributed by atoms with Crippen LogP contribution in [0.25, 0.3) is 22.4 Å². The summed E-state index contributed by atoms with van der Waals surface area (Å²) in [6.07, 6.45) is 1.95. The molecule has 0 saturated heterocycles. The van der Waals surface area contributed by atoms with Crippen molar-refractivity contribution in [1.82, 2.24) is 0 Å². The van der Waals surface area contributed by atoms with Crippen molar-refractivity contribution in [1.29, 1.82) is 5.26 Å². The zero-order chi connectivity index (χ0) is 22.5. The van der Waals surface area contributed by atoms with Crippen LogP contribution in [0.5, 0.6) is 0 Å². The molecular weight excluding hydrogens is 400 g/mol. The Morgan fingerprint density at radius 2 is 1.12 bits per heavy atom. The maximum atomic E-state index is 9.86. The minimum Gasteiger partial charge on any atom is -0.311 e. The molecule has 0 aliphatic carbocycles. The van der Waals surface area contributed by atoms with Gasteiger partial charge in [0.2, 0.25) is 0 Å². The van der Waals surface area contributed by atoms with Gasteiger partial charge in [0.15, 0.2) is 0 Å². The van der Waals surface area contributed by atoms with E-state index in [-0.39, 0.29) is 0 Å². The number of hydrogen-bond donors (Lipinski definition) is 0. The lowest BCUT2D eigenvalue weighted by Crippen LogP contribution is -2.09. The number of nitrogens with zero attached hydrogens (tertiary/aromatic N) is 2. The summed E-state index contributed by atoms with van der Waals surface area (Å²) in [4.78, 5) is 2.21. The van der Waals surface area contributed by atoms with Gasteiger partial charge in [-0.2, -0.15) is 5.26 Å². The molecular formula is C31H22N2. The van der Waals surface area contributed by atoms with Gasteiger partial charge in [-0.25, -0.2) is 0 Å². The molecule has 0 saturated carbocycles. The second-order valence-electron chi connectivity index (χ2n) is 7.83. The second-order valence-corrected chi connectivity index (χ2v) is 7.83. The first-order valence-electron chi connectivity index (χ1n) is 10.9. The molecule has 5 rings (SSSR count). The molecule has 2 nitrogen and oxygen atoms in total. The van der Waals surface area contributed by atoms with Gasteiger partial charge >= 0.3 is 0 Å². The van der Waals surface area contributed by atoms with Crippen LogP contribution in [0, 0.1) is 11.3 Å². The Balaban J connectivity index is 1.50. The number of anilines is 3. The molecule has 2 heteroatoms. The Hall–Kier alpha value is -4.61. The maximum Gasteiger partial charge on any atom is 0.0998 e. The van der Waals surface area contributed by atoms with E-state index in [2.05, 4.69) is 77.7 Å². The van der Waals surface area contributed by atoms with Crippen LogP contribution < -0.4 is 4.90 Å². The summed E-state index contributed by atoms with van der Waals surface area (Å²) in [5.41, 5.74) is 5.77. The van der Waals surface area contributed by atoms with Gasteiger partial charge < -0.3 is 4.90 Å². The third-order valence-corrected chi connectivity index (χ3v) is 5.67. The first-order chi connectivity index (χ1) is 16.3. The van der Waals surface area contributed by atoms with Gasteiger partial charge in [0.05, 0.1) is 11.6 Å². The highest BCUT2D eigenvalue weighted by molar-refractivity contribution is 5.93. The predicted octanol–water partition coefficient (Wildman–Crippen LogP) is 8.37. The third kappa shape index (κ3) is 4.39. The molecule has 0 aliphatic rings. The number of rotatable bonds is 5. The summed E-state index contributed by atoms with van der Waals surface area (Å²) in [5, 5.41) is 12.2. The maximum absolute atomic E-state index is 9.86.